The molecule has 0 spiro atoms. The highest BCUT2D eigenvalue weighted by Crippen LogP contribution is 2.24. The molecule has 0 aromatic rings. The molecule has 2 aliphatic heterocycles. The SMILES string of the molecule is C/C=C/C=C/C(=O)N1C[C@@H]2CCCN2C[C@H]1C. The minimum atomic E-state index is 0.155. The Bertz CT molecular complexity index is 335. The van der Waals surface area contributed by atoms with Crippen LogP contribution in [0.4, 0.5) is 0 Å². The van der Waals surface area contributed by atoms with E-state index in [0.717, 1.165) is 13.1 Å². The second-order valence-corrected chi connectivity index (χ2v) is 5.02. The van der Waals surface area contributed by atoms with Crippen LogP contribution < -0.4 is 0 Å². The summed E-state index contributed by atoms with van der Waals surface area (Å²) in [4.78, 5) is 16.6. The van der Waals surface area contributed by atoms with Crippen molar-refractivity contribution < 1.29 is 4.79 Å². The lowest BCUT2D eigenvalue weighted by Crippen LogP contribution is -2.56. The molecule has 3 heteroatoms. The van der Waals surface area contributed by atoms with E-state index in [-0.39, 0.29) is 5.91 Å². The van der Waals surface area contributed by atoms with Crippen LogP contribution >= 0.6 is 0 Å². The Morgan fingerprint density at radius 2 is 2.12 bits per heavy atom. The fourth-order valence-electron chi connectivity index (χ4n) is 2.84. The Morgan fingerprint density at radius 1 is 1.29 bits per heavy atom. The van der Waals surface area contributed by atoms with Gasteiger partial charge in [0.05, 0.1) is 0 Å². The average molecular weight is 234 g/mol. The molecule has 2 heterocycles. The molecule has 2 saturated heterocycles. The van der Waals surface area contributed by atoms with Crippen LogP contribution in [0.15, 0.2) is 24.3 Å². The van der Waals surface area contributed by atoms with E-state index in [1.165, 1.54) is 19.4 Å². The largest absolute Gasteiger partial charge is 0.334 e. The summed E-state index contributed by atoms with van der Waals surface area (Å²) in [6.45, 7) is 7.25. The molecular weight excluding hydrogens is 212 g/mol. The number of amides is 1. The first-order valence-corrected chi connectivity index (χ1v) is 6.56. The van der Waals surface area contributed by atoms with Gasteiger partial charge in [0.1, 0.15) is 0 Å². The predicted molar refractivity (Wildman–Crippen MR) is 69.7 cm³/mol. The van der Waals surface area contributed by atoms with E-state index in [0.29, 0.717) is 12.1 Å². The monoisotopic (exact) mass is 234 g/mol. The zero-order chi connectivity index (χ0) is 12.3. The standard InChI is InChI=1S/C14H22N2O/c1-3-4-5-8-14(17)16-11-13-7-6-9-15(13)10-12(16)2/h3-5,8,12-13H,6-7,9-11H2,1-2H3/b4-3+,8-5+/t12-,13+/m1/s1. The van der Waals surface area contributed by atoms with Gasteiger partial charge in [-0.05, 0) is 33.2 Å². The number of nitrogens with zero attached hydrogens (tertiary/aromatic N) is 2. The molecule has 3 nitrogen and oxygen atoms in total. The van der Waals surface area contributed by atoms with Crippen molar-refractivity contribution in [1.82, 2.24) is 9.80 Å². The lowest BCUT2D eigenvalue weighted by molar-refractivity contribution is -0.131. The van der Waals surface area contributed by atoms with Gasteiger partial charge in [0.15, 0.2) is 0 Å². The smallest absolute Gasteiger partial charge is 0.246 e. The van der Waals surface area contributed by atoms with E-state index in [1.807, 2.05) is 30.1 Å². The molecule has 2 rings (SSSR count). The second-order valence-electron chi connectivity index (χ2n) is 5.02. The lowest BCUT2D eigenvalue weighted by Gasteiger charge is -2.41. The topological polar surface area (TPSA) is 23.6 Å². The number of allylic oxidation sites excluding steroid dienone is 3. The fraction of sp³-hybridized carbons (Fsp3) is 0.643. The molecule has 0 saturated carbocycles. The van der Waals surface area contributed by atoms with Crippen molar-refractivity contribution in [2.24, 2.45) is 0 Å². The van der Waals surface area contributed by atoms with E-state index in [4.69, 9.17) is 0 Å². The number of carbonyl (C=O) groups excluding carboxylic acids is 1. The minimum Gasteiger partial charge on any atom is -0.334 e. The fourth-order valence-corrected chi connectivity index (χ4v) is 2.84. The maximum Gasteiger partial charge on any atom is 0.246 e. The summed E-state index contributed by atoms with van der Waals surface area (Å²) in [5.74, 6) is 0.155. The molecule has 2 fully saturated rings. The quantitative estimate of drug-likeness (QED) is 0.537. The van der Waals surface area contributed by atoms with Gasteiger partial charge < -0.3 is 4.90 Å². The van der Waals surface area contributed by atoms with Gasteiger partial charge in [-0.1, -0.05) is 18.2 Å². The molecule has 17 heavy (non-hydrogen) atoms. The van der Waals surface area contributed by atoms with E-state index < -0.39 is 0 Å². The highest BCUT2D eigenvalue weighted by atomic mass is 16.2. The van der Waals surface area contributed by atoms with Crippen molar-refractivity contribution in [2.45, 2.75) is 38.8 Å². The van der Waals surface area contributed by atoms with Gasteiger partial charge in [-0.25, -0.2) is 0 Å². The Morgan fingerprint density at radius 3 is 2.88 bits per heavy atom. The summed E-state index contributed by atoms with van der Waals surface area (Å²) in [6.07, 6.45) is 9.87. The van der Waals surface area contributed by atoms with Crippen LogP contribution in [-0.2, 0) is 4.79 Å². The lowest BCUT2D eigenvalue weighted by atomic mass is 10.1. The third-order valence-electron chi connectivity index (χ3n) is 3.76. The van der Waals surface area contributed by atoms with E-state index in [1.54, 1.807) is 6.08 Å². The number of rotatable bonds is 2. The summed E-state index contributed by atoms with van der Waals surface area (Å²) >= 11 is 0. The molecule has 0 aliphatic carbocycles. The Labute approximate surface area is 104 Å². The normalized spacial score (nSPS) is 30.4. The molecule has 0 N–H and O–H groups in total. The number of piperazine rings is 1. The summed E-state index contributed by atoms with van der Waals surface area (Å²) in [6, 6.07) is 0.942. The van der Waals surface area contributed by atoms with Crippen molar-refractivity contribution in [3.05, 3.63) is 24.3 Å². The van der Waals surface area contributed by atoms with Crippen LogP contribution in [0.2, 0.25) is 0 Å². The zero-order valence-electron chi connectivity index (χ0n) is 10.8. The predicted octanol–water partition coefficient (Wildman–Crippen LogP) is 1.81. The summed E-state index contributed by atoms with van der Waals surface area (Å²) in [7, 11) is 0. The van der Waals surface area contributed by atoms with Crippen LogP contribution in [0.25, 0.3) is 0 Å². The molecule has 1 amide bonds. The molecule has 0 aromatic carbocycles. The highest BCUT2D eigenvalue weighted by molar-refractivity contribution is 5.88. The molecule has 0 aromatic heterocycles. The van der Waals surface area contributed by atoms with Crippen LogP contribution in [-0.4, -0.2) is 47.4 Å². The summed E-state index contributed by atoms with van der Waals surface area (Å²) < 4.78 is 0. The number of hydrogen-bond acceptors (Lipinski definition) is 2. The van der Waals surface area contributed by atoms with Gasteiger partial charge in [-0.3, -0.25) is 9.69 Å². The number of hydrogen-bond donors (Lipinski definition) is 0. The van der Waals surface area contributed by atoms with Crippen LogP contribution in [0.3, 0.4) is 0 Å². The van der Waals surface area contributed by atoms with Gasteiger partial charge in [-0.2, -0.15) is 0 Å². The van der Waals surface area contributed by atoms with E-state index in [2.05, 4.69) is 11.8 Å². The van der Waals surface area contributed by atoms with Crippen LogP contribution in [0.5, 0.6) is 0 Å². The zero-order valence-corrected chi connectivity index (χ0v) is 10.8. The van der Waals surface area contributed by atoms with Crippen molar-refractivity contribution >= 4 is 5.91 Å². The Balaban J connectivity index is 1.98. The maximum atomic E-state index is 12.1. The first kappa shape index (κ1) is 12.4. The molecule has 94 valence electrons. The maximum absolute atomic E-state index is 12.1. The molecular formula is C14H22N2O. The Hall–Kier alpha value is -1.09. The molecule has 2 atom stereocenters. The van der Waals surface area contributed by atoms with Crippen LogP contribution in [0.1, 0.15) is 26.7 Å². The highest BCUT2D eigenvalue weighted by Gasteiger charge is 2.35. The van der Waals surface area contributed by atoms with Gasteiger partial charge in [0.25, 0.3) is 0 Å². The number of fused-ring (bicyclic) bond motifs is 1. The first-order chi connectivity index (χ1) is 8.22. The van der Waals surface area contributed by atoms with Gasteiger partial charge >= 0.3 is 0 Å². The van der Waals surface area contributed by atoms with Crippen molar-refractivity contribution in [3.8, 4) is 0 Å². The van der Waals surface area contributed by atoms with Crippen molar-refractivity contribution in [3.63, 3.8) is 0 Å². The second kappa shape index (κ2) is 5.50. The molecule has 0 unspecified atom stereocenters. The summed E-state index contributed by atoms with van der Waals surface area (Å²) in [5.41, 5.74) is 0. The van der Waals surface area contributed by atoms with Gasteiger partial charge in [-0.15, -0.1) is 0 Å². The van der Waals surface area contributed by atoms with E-state index in [9.17, 15) is 4.79 Å². The summed E-state index contributed by atoms with van der Waals surface area (Å²) in [5, 5.41) is 0. The third-order valence-corrected chi connectivity index (χ3v) is 3.76. The third kappa shape index (κ3) is 2.78. The van der Waals surface area contributed by atoms with Crippen molar-refractivity contribution in [1.29, 1.82) is 0 Å². The van der Waals surface area contributed by atoms with Crippen LogP contribution in [0, 0.1) is 0 Å². The first-order valence-electron chi connectivity index (χ1n) is 6.56. The molecule has 0 radical (unpaired) electrons. The number of carbonyl (C=O) groups is 1. The molecule has 0 bridgehead atoms. The molecule has 2 aliphatic rings. The van der Waals surface area contributed by atoms with Crippen molar-refractivity contribution in [2.75, 3.05) is 19.6 Å². The Kier molecular flexibility index (Phi) is 4.00. The minimum absolute atomic E-state index is 0.155. The van der Waals surface area contributed by atoms with Gasteiger partial charge in [0.2, 0.25) is 5.91 Å². The van der Waals surface area contributed by atoms with Gasteiger partial charge in [0, 0.05) is 31.2 Å². The average Bonchev–Trinajstić information content (AvgIpc) is 2.75. The van der Waals surface area contributed by atoms with E-state index >= 15 is 0 Å².